The van der Waals surface area contributed by atoms with Crippen LogP contribution in [0.25, 0.3) is 22.2 Å². The number of halogens is 2. The average Bonchev–Trinajstić information content (AvgIpc) is 2.80. The van der Waals surface area contributed by atoms with Gasteiger partial charge in [-0.05, 0) is 54.4 Å². The van der Waals surface area contributed by atoms with E-state index in [-0.39, 0.29) is 6.42 Å². The quantitative estimate of drug-likeness (QED) is 0.292. The van der Waals surface area contributed by atoms with Crippen molar-refractivity contribution in [3.8, 4) is 11.3 Å². The second kappa shape index (κ2) is 10.1. The van der Waals surface area contributed by atoms with Gasteiger partial charge in [-0.1, -0.05) is 59.6 Å². The van der Waals surface area contributed by atoms with E-state index in [1.165, 1.54) is 0 Å². The lowest BCUT2D eigenvalue weighted by Gasteiger charge is -2.16. The molecule has 0 unspecified atom stereocenters. The minimum atomic E-state index is -1.12. The Bertz CT molecular complexity index is 1370. The van der Waals surface area contributed by atoms with Crippen LogP contribution < -0.4 is 10.6 Å². The number of para-hydroxylation sites is 1. The Morgan fingerprint density at radius 3 is 2.41 bits per heavy atom. The second-order valence-corrected chi connectivity index (χ2v) is 8.64. The first-order valence-corrected chi connectivity index (χ1v) is 11.3. The van der Waals surface area contributed by atoms with Crippen molar-refractivity contribution in [3.63, 3.8) is 0 Å². The summed E-state index contributed by atoms with van der Waals surface area (Å²) in [5.74, 6) is -1.12. The molecule has 8 heteroatoms. The van der Waals surface area contributed by atoms with E-state index in [1.54, 1.807) is 36.4 Å². The summed E-state index contributed by atoms with van der Waals surface area (Å²) in [7, 11) is 0. The topological polar surface area (TPSA) is 91.3 Å². The van der Waals surface area contributed by atoms with E-state index in [0.29, 0.717) is 27.0 Å². The van der Waals surface area contributed by atoms with Gasteiger partial charge in [0, 0.05) is 23.1 Å². The molecule has 172 valence electrons. The Morgan fingerprint density at radius 1 is 0.971 bits per heavy atom. The van der Waals surface area contributed by atoms with Crippen LogP contribution in [-0.4, -0.2) is 28.1 Å². The highest BCUT2D eigenvalue weighted by molar-refractivity contribution is 6.39. The van der Waals surface area contributed by atoms with Crippen LogP contribution in [0.5, 0.6) is 0 Å². The summed E-state index contributed by atoms with van der Waals surface area (Å²) in [5, 5.41) is 16.7. The van der Waals surface area contributed by atoms with Gasteiger partial charge in [-0.2, -0.15) is 0 Å². The van der Waals surface area contributed by atoms with E-state index >= 15 is 0 Å². The molecule has 1 heterocycles. The predicted molar refractivity (Wildman–Crippen MR) is 136 cm³/mol. The molecule has 4 aromatic rings. The number of aliphatic carboxylic acids is 1. The minimum Gasteiger partial charge on any atom is -0.480 e. The van der Waals surface area contributed by atoms with Crippen LogP contribution in [0.1, 0.15) is 11.1 Å². The molecular weight excluding hydrogens is 473 g/mol. The number of fused-ring (bicyclic) bond motifs is 1. The Hall–Kier alpha value is -3.61. The van der Waals surface area contributed by atoms with Crippen molar-refractivity contribution in [1.29, 1.82) is 0 Å². The van der Waals surface area contributed by atoms with E-state index in [2.05, 4.69) is 15.6 Å². The van der Waals surface area contributed by atoms with Gasteiger partial charge in [-0.25, -0.2) is 14.6 Å². The van der Waals surface area contributed by atoms with Crippen LogP contribution in [0.3, 0.4) is 0 Å². The molecule has 34 heavy (non-hydrogen) atoms. The van der Waals surface area contributed by atoms with Gasteiger partial charge in [0.1, 0.15) is 6.04 Å². The van der Waals surface area contributed by atoms with Crippen molar-refractivity contribution in [2.24, 2.45) is 0 Å². The number of nitrogens with one attached hydrogen (secondary N) is 2. The second-order valence-electron chi connectivity index (χ2n) is 7.83. The first kappa shape index (κ1) is 23.5. The van der Waals surface area contributed by atoms with Crippen LogP contribution in [0, 0.1) is 6.92 Å². The van der Waals surface area contributed by atoms with E-state index in [0.717, 1.165) is 22.0 Å². The lowest BCUT2D eigenvalue weighted by atomic mass is 10.0. The number of carbonyl (C=O) groups is 2. The molecular formula is C26H21Cl2N3O3. The van der Waals surface area contributed by atoms with Crippen molar-refractivity contribution in [2.75, 3.05) is 5.32 Å². The number of hydrogen-bond donors (Lipinski definition) is 3. The third-order valence-corrected chi connectivity index (χ3v) is 6.04. The van der Waals surface area contributed by atoms with Crippen molar-refractivity contribution in [2.45, 2.75) is 19.4 Å². The fourth-order valence-electron chi connectivity index (χ4n) is 3.65. The number of benzene rings is 3. The van der Waals surface area contributed by atoms with E-state index in [4.69, 9.17) is 23.2 Å². The third-order valence-electron chi connectivity index (χ3n) is 5.41. The van der Waals surface area contributed by atoms with E-state index < -0.39 is 18.0 Å². The first-order chi connectivity index (χ1) is 16.3. The van der Waals surface area contributed by atoms with Crippen LogP contribution in [0.15, 0.2) is 72.8 Å². The van der Waals surface area contributed by atoms with Crippen molar-refractivity contribution < 1.29 is 14.7 Å². The molecule has 0 aliphatic heterocycles. The summed E-state index contributed by atoms with van der Waals surface area (Å²) >= 11 is 12.6. The molecule has 0 aliphatic rings. The molecule has 0 fully saturated rings. The number of urea groups is 1. The van der Waals surface area contributed by atoms with Crippen molar-refractivity contribution in [1.82, 2.24) is 10.3 Å². The molecule has 0 bridgehead atoms. The van der Waals surface area contributed by atoms with Crippen LogP contribution >= 0.6 is 23.2 Å². The van der Waals surface area contributed by atoms with Crippen LogP contribution in [0.2, 0.25) is 10.0 Å². The van der Waals surface area contributed by atoms with E-state index in [9.17, 15) is 14.7 Å². The normalized spacial score (nSPS) is 11.7. The minimum absolute atomic E-state index is 0.116. The molecule has 1 atom stereocenters. The maximum absolute atomic E-state index is 12.4. The fraction of sp³-hybridized carbons (Fsp3) is 0.115. The van der Waals surface area contributed by atoms with Gasteiger partial charge in [-0.15, -0.1) is 0 Å². The zero-order chi connectivity index (χ0) is 24.2. The monoisotopic (exact) mass is 493 g/mol. The summed E-state index contributed by atoms with van der Waals surface area (Å²) in [4.78, 5) is 28.9. The molecule has 0 aliphatic carbocycles. The lowest BCUT2D eigenvalue weighted by Crippen LogP contribution is -2.44. The molecule has 0 saturated heterocycles. The number of anilines is 1. The Labute approximate surface area is 206 Å². The summed E-state index contributed by atoms with van der Waals surface area (Å²) in [6.45, 7) is 1.86. The molecule has 0 radical (unpaired) electrons. The van der Waals surface area contributed by atoms with Gasteiger partial charge in [0.2, 0.25) is 0 Å². The average molecular weight is 494 g/mol. The highest BCUT2D eigenvalue weighted by Crippen LogP contribution is 2.34. The van der Waals surface area contributed by atoms with E-state index in [1.807, 2.05) is 43.3 Å². The SMILES string of the molecule is Cc1ccccc1NC(=O)N[C@@H](Cc1ccc2nc(-c3c(Cl)cccc3Cl)ccc2c1)C(=O)O. The number of carbonyl (C=O) groups excluding carboxylic acids is 1. The molecule has 0 saturated carbocycles. The molecule has 2 amide bonds. The molecule has 3 aromatic carbocycles. The van der Waals surface area contributed by atoms with Gasteiger partial charge in [0.05, 0.1) is 21.3 Å². The number of aryl methyl sites for hydroxylation is 1. The predicted octanol–water partition coefficient (Wildman–Crippen LogP) is 6.33. The number of carboxylic acids is 1. The summed E-state index contributed by atoms with van der Waals surface area (Å²) in [6, 6.07) is 20.0. The van der Waals surface area contributed by atoms with Gasteiger partial charge in [-0.3, -0.25) is 0 Å². The number of aromatic nitrogens is 1. The maximum atomic E-state index is 12.4. The Balaban J connectivity index is 1.52. The molecule has 3 N–H and O–H groups in total. The molecule has 4 rings (SSSR count). The zero-order valence-electron chi connectivity index (χ0n) is 18.2. The Kier molecular flexibility index (Phi) is 7.01. The smallest absolute Gasteiger partial charge is 0.326 e. The Morgan fingerprint density at radius 2 is 1.71 bits per heavy atom. The van der Waals surface area contributed by atoms with Gasteiger partial charge < -0.3 is 15.7 Å². The first-order valence-electron chi connectivity index (χ1n) is 10.5. The third kappa shape index (κ3) is 5.30. The van der Waals surface area contributed by atoms with Gasteiger partial charge in [0.15, 0.2) is 0 Å². The van der Waals surface area contributed by atoms with Crippen LogP contribution in [0.4, 0.5) is 10.5 Å². The maximum Gasteiger partial charge on any atom is 0.326 e. The number of nitrogens with zero attached hydrogens (tertiary/aromatic N) is 1. The van der Waals surface area contributed by atoms with Crippen LogP contribution in [-0.2, 0) is 11.2 Å². The van der Waals surface area contributed by atoms with Crippen molar-refractivity contribution in [3.05, 3.63) is 94.0 Å². The number of pyridine rings is 1. The van der Waals surface area contributed by atoms with Gasteiger partial charge in [0.25, 0.3) is 0 Å². The zero-order valence-corrected chi connectivity index (χ0v) is 19.7. The highest BCUT2D eigenvalue weighted by atomic mass is 35.5. The number of carboxylic acid groups (broad SMARTS) is 1. The highest BCUT2D eigenvalue weighted by Gasteiger charge is 2.21. The van der Waals surface area contributed by atoms with Gasteiger partial charge >= 0.3 is 12.0 Å². The molecule has 0 spiro atoms. The summed E-state index contributed by atoms with van der Waals surface area (Å²) in [6.07, 6.45) is 0.116. The standard InChI is InChI=1S/C26H21Cl2N3O3/c1-15-5-2-3-8-20(15)30-26(34)31-23(25(32)33)14-16-9-11-21-17(13-16)10-12-22(29-21)24-18(27)6-4-7-19(24)28/h2-13,23H,14H2,1H3,(H,32,33)(H2,30,31,34)/t23-/m0/s1. The summed E-state index contributed by atoms with van der Waals surface area (Å²) in [5.41, 5.74) is 4.27. The molecule has 1 aromatic heterocycles. The lowest BCUT2D eigenvalue weighted by molar-refractivity contribution is -0.139. The molecule has 6 nitrogen and oxygen atoms in total. The summed E-state index contributed by atoms with van der Waals surface area (Å²) < 4.78 is 0. The van der Waals surface area contributed by atoms with Crippen molar-refractivity contribution >= 4 is 51.8 Å². The number of amides is 2. The fourth-order valence-corrected chi connectivity index (χ4v) is 4.24. The number of rotatable bonds is 6. The largest absolute Gasteiger partial charge is 0.480 e. The number of hydrogen-bond acceptors (Lipinski definition) is 3.